The SMILES string of the molecule is Cc1cc(C)cc(C(=O)N2CCO[C@@]3(C2)C(=O)N(C(C)C)C[C@@H]3c2ccccc2)c1. The lowest BCUT2D eigenvalue weighted by molar-refractivity contribution is -0.160. The van der Waals surface area contributed by atoms with E-state index < -0.39 is 5.60 Å². The maximum atomic E-state index is 13.6. The Balaban J connectivity index is 1.70. The van der Waals surface area contributed by atoms with E-state index in [4.69, 9.17) is 4.74 Å². The van der Waals surface area contributed by atoms with Crippen LogP contribution < -0.4 is 0 Å². The van der Waals surface area contributed by atoms with Gasteiger partial charge in [-0.05, 0) is 45.4 Å². The summed E-state index contributed by atoms with van der Waals surface area (Å²) in [6, 6.07) is 16.0. The summed E-state index contributed by atoms with van der Waals surface area (Å²) in [7, 11) is 0. The lowest BCUT2D eigenvalue weighted by Gasteiger charge is -2.42. The Morgan fingerprint density at radius 3 is 2.40 bits per heavy atom. The van der Waals surface area contributed by atoms with Gasteiger partial charge >= 0.3 is 0 Å². The van der Waals surface area contributed by atoms with E-state index in [1.54, 1.807) is 4.90 Å². The van der Waals surface area contributed by atoms with Crippen LogP contribution in [-0.4, -0.2) is 59.5 Å². The zero-order chi connectivity index (χ0) is 21.5. The first-order valence-corrected chi connectivity index (χ1v) is 10.7. The van der Waals surface area contributed by atoms with Gasteiger partial charge in [-0.3, -0.25) is 9.59 Å². The van der Waals surface area contributed by atoms with Crippen LogP contribution >= 0.6 is 0 Å². The van der Waals surface area contributed by atoms with Crippen LogP contribution in [0.25, 0.3) is 0 Å². The lowest BCUT2D eigenvalue weighted by atomic mass is 9.83. The van der Waals surface area contributed by atoms with Crippen molar-refractivity contribution in [1.29, 1.82) is 0 Å². The van der Waals surface area contributed by atoms with Crippen molar-refractivity contribution in [3.8, 4) is 0 Å². The zero-order valence-electron chi connectivity index (χ0n) is 18.2. The van der Waals surface area contributed by atoms with Gasteiger partial charge in [0, 0.05) is 30.6 Å². The molecule has 2 atom stereocenters. The number of ether oxygens (including phenoxy) is 1. The Morgan fingerprint density at radius 1 is 1.10 bits per heavy atom. The second-order valence-corrected chi connectivity index (χ2v) is 8.86. The molecule has 2 aliphatic rings. The Morgan fingerprint density at radius 2 is 1.77 bits per heavy atom. The monoisotopic (exact) mass is 406 g/mol. The van der Waals surface area contributed by atoms with Crippen LogP contribution in [0.15, 0.2) is 48.5 Å². The van der Waals surface area contributed by atoms with Crippen LogP contribution in [0.4, 0.5) is 0 Å². The molecule has 5 heteroatoms. The summed E-state index contributed by atoms with van der Waals surface area (Å²) in [6.45, 7) is 9.78. The van der Waals surface area contributed by atoms with Crippen molar-refractivity contribution in [2.75, 3.05) is 26.2 Å². The number of carbonyl (C=O) groups excluding carboxylic acids is 2. The quantitative estimate of drug-likeness (QED) is 0.783. The molecule has 0 aliphatic carbocycles. The first kappa shape index (κ1) is 20.6. The maximum Gasteiger partial charge on any atom is 0.257 e. The number of likely N-dealkylation sites (tertiary alicyclic amines) is 1. The fourth-order valence-electron chi connectivity index (χ4n) is 4.86. The van der Waals surface area contributed by atoms with E-state index in [1.165, 1.54) is 0 Å². The number of nitrogens with zero attached hydrogens (tertiary/aromatic N) is 2. The van der Waals surface area contributed by atoms with Crippen molar-refractivity contribution in [2.24, 2.45) is 0 Å². The van der Waals surface area contributed by atoms with Gasteiger partial charge in [0.05, 0.1) is 13.2 Å². The largest absolute Gasteiger partial charge is 0.361 e. The summed E-state index contributed by atoms with van der Waals surface area (Å²) in [4.78, 5) is 30.6. The molecule has 0 aromatic heterocycles. The maximum absolute atomic E-state index is 13.6. The van der Waals surface area contributed by atoms with Crippen molar-refractivity contribution in [1.82, 2.24) is 9.80 Å². The van der Waals surface area contributed by atoms with Crippen molar-refractivity contribution < 1.29 is 14.3 Å². The lowest BCUT2D eigenvalue weighted by Crippen LogP contribution is -2.59. The van der Waals surface area contributed by atoms with Crippen LogP contribution in [-0.2, 0) is 9.53 Å². The molecule has 30 heavy (non-hydrogen) atoms. The summed E-state index contributed by atoms with van der Waals surface area (Å²) in [5.41, 5.74) is 2.85. The molecule has 0 saturated carbocycles. The van der Waals surface area contributed by atoms with Gasteiger partial charge in [-0.1, -0.05) is 47.5 Å². The van der Waals surface area contributed by atoms with Crippen molar-refractivity contribution in [3.05, 3.63) is 70.8 Å². The molecule has 2 saturated heterocycles. The van der Waals surface area contributed by atoms with E-state index in [1.807, 2.05) is 62.9 Å². The molecule has 1 spiro atoms. The topological polar surface area (TPSA) is 49.9 Å². The number of carbonyl (C=O) groups is 2. The van der Waals surface area contributed by atoms with E-state index in [0.29, 0.717) is 25.3 Å². The fraction of sp³-hybridized carbons (Fsp3) is 0.440. The van der Waals surface area contributed by atoms with Crippen LogP contribution in [0.2, 0.25) is 0 Å². The van der Waals surface area contributed by atoms with Crippen molar-refractivity contribution in [3.63, 3.8) is 0 Å². The molecule has 2 heterocycles. The Bertz CT molecular complexity index is 936. The number of aryl methyl sites for hydroxylation is 2. The van der Waals surface area contributed by atoms with Crippen LogP contribution in [0.1, 0.15) is 46.8 Å². The predicted molar refractivity (Wildman–Crippen MR) is 117 cm³/mol. The number of hydrogen-bond donors (Lipinski definition) is 0. The average Bonchev–Trinajstić information content (AvgIpc) is 2.99. The molecule has 2 aromatic carbocycles. The van der Waals surface area contributed by atoms with Crippen molar-refractivity contribution in [2.45, 2.75) is 45.3 Å². The molecule has 0 bridgehead atoms. The average molecular weight is 407 g/mol. The molecule has 0 radical (unpaired) electrons. The molecular formula is C25H30N2O3. The van der Waals surface area contributed by atoms with Gasteiger partial charge < -0.3 is 14.5 Å². The molecule has 2 amide bonds. The summed E-state index contributed by atoms with van der Waals surface area (Å²) in [5.74, 6) is -0.153. The molecule has 158 valence electrons. The van der Waals surface area contributed by atoms with E-state index in [2.05, 4.69) is 18.2 Å². The normalized spacial score (nSPS) is 24.2. The summed E-state index contributed by atoms with van der Waals surface area (Å²) >= 11 is 0. The molecule has 2 aliphatic heterocycles. The summed E-state index contributed by atoms with van der Waals surface area (Å²) < 4.78 is 6.26. The van der Waals surface area contributed by atoms with Gasteiger partial charge in [0.2, 0.25) is 0 Å². The highest BCUT2D eigenvalue weighted by molar-refractivity contribution is 5.96. The minimum atomic E-state index is -1.03. The standard InChI is InChI=1S/C25H30N2O3/c1-17(2)27-15-22(20-8-6-5-7-9-20)25(24(27)29)16-26(10-11-30-25)23(28)21-13-18(3)12-19(4)14-21/h5-9,12-14,17,22H,10-11,15-16H2,1-4H3/t22-,25-/m1/s1. The van der Waals surface area contributed by atoms with Crippen LogP contribution in [0, 0.1) is 13.8 Å². The number of amides is 2. The van der Waals surface area contributed by atoms with E-state index >= 15 is 0 Å². The molecular weight excluding hydrogens is 376 g/mol. The first-order valence-electron chi connectivity index (χ1n) is 10.7. The predicted octanol–water partition coefficient (Wildman–Crippen LogP) is 3.55. The second-order valence-electron chi connectivity index (χ2n) is 8.86. The Labute approximate surface area is 178 Å². The third kappa shape index (κ3) is 3.52. The van der Waals surface area contributed by atoms with Gasteiger partial charge in [0.15, 0.2) is 5.60 Å². The van der Waals surface area contributed by atoms with Gasteiger partial charge in [-0.2, -0.15) is 0 Å². The fourth-order valence-corrected chi connectivity index (χ4v) is 4.86. The smallest absolute Gasteiger partial charge is 0.257 e. The van der Waals surface area contributed by atoms with E-state index in [0.717, 1.165) is 16.7 Å². The Kier molecular flexibility index (Phi) is 5.41. The summed E-state index contributed by atoms with van der Waals surface area (Å²) in [6.07, 6.45) is 0. The molecule has 2 aromatic rings. The molecule has 2 fully saturated rings. The van der Waals surface area contributed by atoms with Gasteiger partial charge in [0.1, 0.15) is 0 Å². The van der Waals surface area contributed by atoms with E-state index in [9.17, 15) is 9.59 Å². The van der Waals surface area contributed by atoms with Crippen LogP contribution in [0.5, 0.6) is 0 Å². The van der Waals surface area contributed by atoms with Gasteiger partial charge in [-0.15, -0.1) is 0 Å². The zero-order valence-corrected chi connectivity index (χ0v) is 18.2. The number of morpholine rings is 1. The first-order chi connectivity index (χ1) is 14.3. The number of rotatable bonds is 3. The highest BCUT2D eigenvalue weighted by atomic mass is 16.5. The molecule has 0 unspecified atom stereocenters. The third-order valence-corrected chi connectivity index (χ3v) is 6.29. The number of benzene rings is 2. The molecule has 5 nitrogen and oxygen atoms in total. The minimum Gasteiger partial charge on any atom is -0.361 e. The molecule has 0 N–H and O–H groups in total. The molecule has 4 rings (SSSR count). The van der Waals surface area contributed by atoms with E-state index in [-0.39, 0.29) is 30.3 Å². The highest BCUT2D eigenvalue weighted by Gasteiger charge is 2.58. The summed E-state index contributed by atoms with van der Waals surface area (Å²) in [5, 5.41) is 0. The van der Waals surface area contributed by atoms with Crippen LogP contribution in [0.3, 0.4) is 0 Å². The van der Waals surface area contributed by atoms with Gasteiger partial charge in [0.25, 0.3) is 11.8 Å². The Hall–Kier alpha value is -2.66. The number of hydrogen-bond acceptors (Lipinski definition) is 3. The third-order valence-electron chi connectivity index (χ3n) is 6.29. The minimum absolute atomic E-state index is 0.00993. The highest BCUT2D eigenvalue weighted by Crippen LogP contribution is 2.43. The van der Waals surface area contributed by atoms with Gasteiger partial charge in [-0.25, -0.2) is 0 Å². The second kappa shape index (κ2) is 7.88. The van der Waals surface area contributed by atoms with Crippen molar-refractivity contribution >= 4 is 11.8 Å².